The first kappa shape index (κ1) is 12.9. The summed E-state index contributed by atoms with van der Waals surface area (Å²) in [4.78, 5) is 11.9. The van der Waals surface area contributed by atoms with Gasteiger partial charge in [-0.1, -0.05) is 6.07 Å². The van der Waals surface area contributed by atoms with Gasteiger partial charge in [0.2, 0.25) is 5.91 Å². The zero-order valence-corrected chi connectivity index (χ0v) is 10.6. The lowest BCUT2D eigenvalue weighted by Crippen LogP contribution is -2.22. The maximum absolute atomic E-state index is 11.9. The summed E-state index contributed by atoms with van der Waals surface area (Å²) in [5.41, 5.74) is 1.50. The van der Waals surface area contributed by atoms with E-state index < -0.39 is 0 Å². The Morgan fingerprint density at radius 1 is 1.44 bits per heavy atom. The molecule has 1 amide bonds. The highest BCUT2D eigenvalue weighted by molar-refractivity contribution is 5.92. The minimum atomic E-state index is -0.0391. The van der Waals surface area contributed by atoms with Crippen LogP contribution in [0, 0.1) is 12.8 Å². The standard InChI is InChI=1S/C14H19NO3/c1-10-2-3-13(16)12(8-10)15-14(17)9-11-4-6-18-7-5-11/h2-3,8,11,16H,4-7,9H2,1H3,(H,15,17). The Hall–Kier alpha value is -1.55. The average Bonchev–Trinajstić information content (AvgIpc) is 2.35. The molecule has 2 rings (SSSR count). The van der Waals surface area contributed by atoms with Gasteiger partial charge in [-0.25, -0.2) is 0 Å². The molecule has 1 aromatic rings. The number of aryl methyl sites for hydroxylation is 1. The number of phenols is 1. The second-order valence-corrected chi connectivity index (χ2v) is 4.83. The van der Waals surface area contributed by atoms with Gasteiger partial charge in [0, 0.05) is 19.6 Å². The van der Waals surface area contributed by atoms with Gasteiger partial charge < -0.3 is 15.2 Å². The lowest BCUT2D eigenvalue weighted by atomic mass is 9.96. The van der Waals surface area contributed by atoms with E-state index in [0.29, 0.717) is 18.0 Å². The summed E-state index contributed by atoms with van der Waals surface area (Å²) in [6.07, 6.45) is 2.37. The highest BCUT2D eigenvalue weighted by Crippen LogP contribution is 2.25. The third kappa shape index (κ3) is 3.47. The molecule has 1 heterocycles. The molecule has 0 aliphatic carbocycles. The fraction of sp³-hybridized carbons (Fsp3) is 0.500. The molecule has 1 saturated heterocycles. The van der Waals surface area contributed by atoms with Crippen LogP contribution < -0.4 is 5.32 Å². The maximum Gasteiger partial charge on any atom is 0.224 e. The van der Waals surface area contributed by atoms with E-state index in [4.69, 9.17) is 4.74 Å². The highest BCUT2D eigenvalue weighted by atomic mass is 16.5. The van der Waals surface area contributed by atoms with Gasteiger partial charge in [-0.3, -0.25) is 4.79 Å². The van der Waals surface area contributed by atoms with Crippen LogP contribution in [-0.4, -0.2) is 24.2 Å². The van der Waals surface area contributed by atoms with Crippen molar-refractivity contribution in [3.8, 4) is 5.75 Å². The van der Waals surface area contributed by atoms with Gasteiger partial charge in [0.1, 0.15) is 5.75 Å². The molecule has 1 aliphatic rings. The Morgan fingerprint density at radius 3 is 2.89 bits per heavy atom. The molecule has 1 fully saturated rings. The van der Waals surface area contributed by atoms with Gasteiger partial charge in [-0.15, -0.1) is 0 Å². The average molecular weight is 249 g/mol. The van der Waals surface area contributed by atoms with Crippen molar-refractivity contribution in [1.82, 2.24) is 0 Å². The summed E-state index contributed by atoms with van der Waals surface area (Å²) in [6, 6.07) is 5.18. The molecule has 98 valence electrons. The Labute approximate surface area is 107 Å². The molecule has 4 nitrogen and oxygen atoms in total. The summed E-state index contributed by atoms with van der Waals surface area (Å²) in [5.74, 6) is 0.467. The number of carbonyl (C=O) groups excluding carboxylic acids is 1. The van der Waals surface area contributed by atoms with E-state index in [1.165, 1.54) is 0 Å². The fourth-order valence-electron chi connectivity index (χ4n) is 2.16. The summed E-state index contributed by atoms with van der Waals surface area (Å²) in [5, 5.41) is 12.4. The lowest BCUT2D eigenvalue weighted by Gasteiger charge is -2.21. The van der Waals surface area contributed by atoms with Gasteiger partial charge >= 0.3 is 0 Å². The van der Waals surface area contributed by atoms with Gasteiger partial charge in [-0.2, -0.15) is 0 Å². The summed E-state index contributed by atoms with van der Waals surface area (Å²) in [6.45, 7) is 3.41. The lowest BCUT2D eigenvalue weighted by molar-refractivity contribution is -0.117. The summed E-state index contributed by atoms with van der Waals surface area (Å²) >= 11 is 0. The van der Waals surface area contributed by atoms with Gasteiger partial charge in [0.05, 0.1) is 5.69 Å². The van der Waals surface area contributed by atoms with Crippen molar-refractivity contribution in [2.24, 2.45) is 5.92 Å². The Bertz CT molecular complexity index is 425. The summed E-state index contributed by atoms with van der Waals surface area (Å²) < 4.78 is 5.26. The Kier molecular flexibility index (Phi) is 4.20. The van der Waals surface area contributed by atoms with Gasteiger partial charge in [-0.05, 0) is 43.4 Å². The van der Waals surface area contributed by atoms with Crippen molar-refractivity contribution in [3.05, 3.63) is 23.8 Å². The Morgan fingerprint density at radius 2 is 2.17 bits per heavy atom. The molecule has 0 atom stereocenters. The van der Waals surface area contributed by atoms with Crippen molar-refractivity contribution < 1.29 is 14.6 Å². The number of anilines is 1. The van der Waals surface area contributed by atoms with Crippen molar-refractivity contribution in [2.45, 2.75) is 26.2 Å². The number of hydrogen-bond acceptors (Lipinski definition) is 3. The van der Waals surface area contributed by atoms with Crippen LogP contribution in [0.25, 0.3) is 0 Å². The number of benzene rings is 1. The van der Waals surface area contributed by atoms with Crippen LogP contribution in [0.2, 0.25) is 0 Å². The third-order valence-electron chi connectivity index (χ3n) is 3.24. The van der Waals surface area contributed by atoms with Crippen molar-refractivity contribution in [2.75, 3.05) is 18.5 Å². The fourth-order valence-corrected chi connectivity index (χ4v) is 2.16. The number of hydrogen-bond donors (Lipinski definition) is 2. The zero-order valence-electron chi connectivity index (χ0n) is 10.6. The number of aromatic hydroxyl groups is 1. The number of rotatable bonds is 3. The number of carbonyl (C=O) groups is 1. The number of phenolic OH excluding ortho intramolecular Hbond substituents is 1. The maximum atomic E-state index is 11.9. The van der Waals surface area contributed by atoms with Crippen LogP contribution in [0.15, 0.2) is 18.2 Å². The van der Waals surface area contributed by atoms with Crippen LogP contribution in [0.5, 0.6) is 5.75 Å². The van der Waals surface area contributed by atoms with E-state index in [2.05, 4.69) is 5.32 Å². The predicted octanol–water partition coefficient (Wildman–Crippen LogP) is 2.46. The minimum absolute atomic E-state index is 0.0391. The quantitative estimate of drug-likeness (QED) is 0.809. The van der Waals surface area contributed by atoms with E-state index in [-0.39, 0.29) is 11.7 Å². The molecule has 2 N–H and O–H groups in total. The van der Waals surface area contributed by atoms with Crippen LogP contribution >= 0.6 is 0 Å². The van der Waals surface area contributed by atoms with E-state index in [9.17, 15) is 9.90 Å². The predicted molar refractivity (Wildman–Crippen MR) is 69.6 cm³/mol. The van der Waals surface area contributed by atoms with E-state index in [0.717, 1.165) is 31.6 Å². The van der Waals surface area contributed by atoms with E-state index >= 15 is 0 Å². The SMILES string of the molecule is Cc1ccc(O)c(NC(=O)CC2CCOCC2)c1. The molecule has 0 radical (unpaired) electrons. The van der Waals surface area contributed by atoms with E-state index in [1.807, 2.05) is 13.0 Å². The molecule has 1 aliphatic heterocycles. The number of ether oxygens (including phenoxy) is 1. The smallest absolute Gasteiger partial charge is 0.224 e. The molecule has 0 bridgehead atoms. The van der Waals surface area contributed by atoms with Crippen LogP contribution in [0.1, 0.15) is 24.8 Å². The topological polar surface area (TPSA) is 58.6 Å². The van der Waals surface area contributed by atoms with E-state index in [1.54, 1.807) is 12.1 Å². The molecule has 18 heavy (non-hydrogen) atoms. The van der Waals surface area contributed by atoms with Crippen molar-refractivity contribution in [1.29, 1.82) is 0 Å². The van der Waals surface area contributed by atoms with Crippen LogP contribution in [-0.2, 0) is 9.53 Å². The molecule has 0 spiro atoms. The largest absolute Gasteiger partial charge is 0.506 e. The third-order valence-corrected chi connectivity index (χ3v) is 3.24. The first-order valence-corrected chi connectivity index (χ1v) is 6.32. The second-order valence-electron chi connectivity index (χ2n) is 4.83. The van der Waals surface area contributed by atoms with Crippen LogP contribution in [0.4, 0.5) is 5.69 Å². The molecule has 4 heteroatoms. The highest BCUT2D eigenvalue weighted by Gasteiger charge is 2.18. The van der Waals surface area contributed by atoms with Gasteiger partial charge in [0.25, 0.3) is 0 Å². The zero-order chi connectivity index (χ0) is 13.0. The number of nitrogens with one attached hydrogen (secondary N) is 1. The Balaban J connectivity index is 1.92. The molecule has 0 aromatic heterocycles. The molecule has 0 saturated carbocycles. The first-order valence-electron chi connectivity index (χ1n) is 6.32. The second kappa shape index (κ2) is 5.87. The minimum Gasteiger partial charge on any atom is -0.506 e. The van der Waals surface area contributed by atoms with Gasteiger partial charge in [0.15, 0.2) is 0 Å². The monoisotopic (exact) mass is 249 g/mol. The van der Waals surface area contributed by atoms with Crippen molar-refractivity contribution >= 4 is 11.6 Å². The van der Waals surface area contributed by atoms with Crippen molar-refractivity contribution in [3.63, 3.8) is 0 Å². The number of amides is 1. The summed E-state index contributed by atoms with van der Waals surface area (Å²) in [7, 11) is 0. The molecular formula is C14H19NO3. The first-order chi connectivity index (χ1) is 8.65. The molecular weight excluding hydrogens is 230 g/mol. The normalized spacial score (nSPS) is 16.5. The molecule has 1 aromatic carbocycles. The molecule has 0 unspecified atom stereocenters. The van der Waals surface area contributed by atoms with Crippen LogP contribution in [0.3, 0.4) is 0 Å².